The van der Waals surface area contributed by atoms with Crippen LogP contribution in [0.2, 0.25) is 5.02 Å². The van der Waals surface area contributed by atoms with Gasteiger partial charge in [-0.15, -0.1) is 0 Å². The number of aryl methyl sites for hydroxylation is 1. The Morgan fingerprint density at radius 3 is 2.16 bits per heavy atom. The van der Waals surface area contributed by atoms with Gasteiger partial charge in [0, 0.05) is 40.6 Å². The molecule has 1 saturated carbocycles. The number of anilines is 1. The summed E-state index contributed by atoms with van der Waals surface area (Å²) in [6.07, 6.45) is -14.5. The molecule has 5 aromatic rings. The van der Waals surface area contributed by atoms with E-state index < -0.39 is 167 Å². The molecule has 73 heavy (non-hydrogen) atoms. The first-order chi connectivity index (χ1) is 33.5. The van der Waals surface area contributed by atoms with Crippen molar-refractivity contribution in [1.82, 2.24) is 29.9 Å². The largest absolute Gasteiger partial charge is 0.481 e. The Morgan fingerprint density at radius 2 is 1.59 bits per heavy atom. The molecule has 1 unspecified atom stereocenters. The molecular weight excluding hydrogens is 1060 g/mol. The summed E-state index contributed by atoms with van der Waals surface area (Å²) in [6, 6.07) is 4.95. The highest BCUT2D eigenvalue weighted by molar-refractivity contribution is 7.92. The first kappa shape index (κ1) is 54.7. The van der Waals surface area contributed by atoms with E-state index in [1.165, 1.54) is 26.0 Å². The molecular formula is C44H42ClF10N7O9S2. The van der Waals surface area contributed by atoms with Crippen molar-refractivity contribution in [1.29, 1.82) is 0 Å². The van der Waals surface area contributed by atoms with Gasteiger partial charge < -0.3 is 15.2 Å². The minimum absolute atomic E-state index is 0.0231. The summed E-state index contributed by atoms with van der Waals surface area (Å²) >= 11 is 6.60. The predicted octanol–water partition coefficient (Wildman–Crippen LogP) is 8.64. The summed E-state index contributed by atoms with van der Waals surface area (Å²) in [7, 11) is -8.70. The molecule has 7 rings (SSSR count). The average molecular weight is 1100 g/mol. The third kappa shape index (κ3) is 11.4. The Hall–Kier alpha value is -6.03. The number of sulfone groups is 1. The molecule has 2 aliphatic rings. The molecule has 2 N–H and O–H groups in total. The van der Waals surface area contributed by atoms with E-state index in [9.17, 15) is 71.4 Å². The van der Waals surface area contributed by atoms with Crippen LogP contribution in [-0.2, 0) is 72.2 Å². The van der Waals surface area contributed by atoms with Gasteiger partial charge in [-0.3, -0.25) is 23.9 Å². The van der Waals surface area contributed by atoms with Crippen LogP contribution in [-0.4, -0.2) is 94.0 Å². The highest BCUT2D eigenvalue weighted by atomic mass is 35.5. The lowest BCUT2D eigenvalue weighted by molar-refractivity contribution is -0.143. The van der Waals surface area contributed by atoms with Gasteiger partial charge in [-0.2, -0.15) is 49.6 Å². The number of carbonyl (C=O) groups is 3. The number of nitrogens with one attached hydrogen (secondary N) is 1. The molecule has 0 bridgehead atoms. The Morgan fingerprint density at radius 1 is 0.959 bits per heavy atom. The number of pyridine rings is 1. The van der Waals surface area contributed by atoms with Crippen LogP contribution in [0.1, 0.15) is 85.9 Å². The van der Waals surface area contributed by atoms with E-state index in [1.807, 2.05) is 0 Å². The second-order valence-electron chi connectivity index (χ2n) is 18.4. The van der Waals surface area contributed by atoms with Crippen LogP contribution in [0.15, 0.2) is 42.5 Å². The molecule has 3 heterocycles. The number of rotatable bonds is 17. The summed E-state index contributed by atoms with van der Waals surface area (Å²) in [6.45, 7) is 0.533. The van der Waals surface area contributed by atoms with Gasteiger partial charge >= 0.3 is 24.4 Å². The molecule has 0 radical (unpaired) electrons. The fraction of sp³-hybridized carbons (Fsp3) is 0.455. The number of hydrogen-bond acceptors (Lipinski definition) is 11. The number of alkyl halides is 8. The lowest BCUT2D eigenvalue weighted by atomic mass is 9.93. The first-order valence-corrected chi connectivity index (χ1v) is 25.8. The molecule has 1 fully saturated rings. The molecule has 3 aromatic heterocycles. The highest BCUT2D eigenvalue weighted by Gasteiger charge is 2.68. The van der Waals surface area contributed by atoms with Crippen molar-refractivity contribution < 1.29 is 85.0 Å². The van der Waals surface area contributed by atoms with Gasteiger partial charge in [0.25, 0.3) is 5.92 Å². The normalized spacial score (nSPS) is 17.5. The zero-order valence-electron chi connectivity index (χ0n) is 38.7. The standard InChI is InChI=1S/C44H42ClF10N7O9S2/c1-20(12-32(64)65)71-40(66)62(73(5,69)70)39-34-29(45)9-8-26(36(34)61(59-39)19-42(48,49)50)25-7-6-24(10-11-41(2,3)72(4,67)68)56-35(25)30(15-21-13-22(46)16-23(47)14-21)57-31(63)18-60-38-33(37(58-60)44(53,54)55)27-17-28(27)43(38,51)52/h6-9,13-14,16,20,27-28,30H,10-12,15,17-19H2,1-5H3,(H,57,63)(H,64,65)/t20-,27-,28?,30-/m0/s1. The van der Waals surface area contributed by atoms with Gasteiger partial charge in [0.2, 0.25) is 15.9 Å². The quantitative estimate of drug-likeness (QED) is 0.0838. The van der Waals surface area contributed by atoms with E-state index in [-0.39, 0.29) is 55.3 Å². The topological polar surface area (TPSA) is 213 Å². The lowest BCUT2D eigenvalue weighted by Gasteiger charge is -2.25. The number of benzene rings is 2. The minimum Gasteiger partial charge on any atom is -0.481 e. The monoisotopic (exact) mass is 1100 g/mol. The van der Waals surface area contributed by atoms with E-state index in [2.05, 4.69) is 20.5 Å². The fourth-order valence-electron chi connectivity index (χ4n) is 8.71. The van der Waals surface area contributed by atoms with Crippen LogP contribution in [0, 0.1) is 17.6 Å². The van der Waals surface area contributed by atoms with Crippen molar-refractivity contribution in [2.24, 2.45) is 5.92 Å². The number of halogens is 11. The third-order valence-electron chi connectivity index (χ3n) is 12.4. The highest BCUT2D eigenvalue weighted by Crippen LogP contribution is 2.68. The SMILES string of the molecule is C[C@@H](CC(=O)O)OC(=O)N(c1nn(CC(F)(F)F)c2c(-c3ccc(CCC(C)(C)S(C)(=O)=O)nc3[C@H](Cc3cc(F)cc(F)c3)NC(=O)Cn3nc(C(F)(F)F)c4c3C(F)(F)C3C[C@H]43)ccc(Cl)c12)S(C)(=O)=O. The van der Waals surface area contributed by atoms with E-state index in [1.54, 1.807) is 0 Å². The average Bonchev–Trinajstić information content (AvgIpc) is 3.73. The zero-order chi connectivity index (χ0) is 54.3. The van der Waals surface area contributed by atoms with Gasteiger partial charge in [-0.1, -0.05) is 23.7 Å². The minimum atomic E-state index is -5.23. The van der Waals surface area contributed by atoms with Crippen LogP contribution >= 0.6 is 11.6 Å². The smallest absolute Gasteiger partial charge is 0.435 e. The number of ether oxygens (including phenoxy) is 1. The number of amides is 2. The summed E-state index contributed by atoms with van der Waals surface area (Å²) in [4.78, 5) is 43.7. The second kappa shape index (κ2) is 19.0. The molecule has 29 heteroatoms. The Balaban J connectivity index is 1.46. The maximum absolute atomic E-state index is 15.6. The lowest BCUT2D eigenvalue weighted by Crippen LogP contribution is -2.39. The maximum Gasteiger partial charge on any atom is 0.435 e. The van der Waals surface area contributed by atoms with Crippen LogP contribution in [0.3, 0.4) is 0 Å². The summed E-state index contributed by atoms with van der Waals surface area (Å²) in [5.41, 5.74) is -5.55. The van der Waals surface area contributed by atoms with Gasteiger partial charge in [-0.05, 0) is 82.2 Å². The molecule has 2 aromatic carbocycles. The van der Waals surface area contributed by atoms with E-state index in [0.717, 1.165) is 37.4 Å². The van der Waals surface area contributed by atoms with Gasteiger partial charge in [0.15, 0.2) is 21.3 Å². The van der Waals surface area contributed by atoms with E-state index in [4.69, 9.17) is 16.3 Å². The van der Waals surface area contributed by atoms with Crippen LogP contribution in [0.25, 0.3) is 22.0 Å². The Kier molecular flexibility index (Phi) is 14.3. The van der Waals surface area contributed by atoms with E-state index >= 15 is 8.78 Å². The third-order valence-corrected chi connectivity index (χ3v) is 15.9. The van der Waals surface area contributed by atoms with Crippen LogP contribution in [0.4, 0.5) is 54.5 Å². The molecule has 2 aliphatic carbocycles. The van der Waals surface area contributed by atoms with Gasteiger partial charge in [0.1, 0.15) is 36.5 Å². The number of aliphatic carboxylic acids is 1. The number of carbonyl (C=O) groups excluding carboxylic acids is 2. The maximum atomic E-state index is 15.6. The van der Waals surface area contributed by atoms with Gasteiger partial charge in [0.05, 0.1) is 45.1 Å². The van der Waals surface area contributed by atoms with Crippen molar-refractivity contribution in [3.8, 4) is 11.1 Å². The number of nitrogens with zero attached hydrogens (tertiary/aromatic N) is 6. The first-order valence-electron chi connectivity index (χ1n) is 21.7. The second-order valence-corrected chi connectivity index (χ2v) is 23.3. The number of fused-ring (bicyclic) bond motifs is 4. The number of carboxylic acids is 1. The summed E-state index contributed by atoms with van der Waals surface area (Å²) in [5, 5.41) is 17.7. The summed E-state index contributed by atoms with van der Waals surface area (Å²) < 4.78 is 203. The van der Waals surface area contributed by atoms with Crippen molar-refractivity contribution in [2.45, 2.75) is 107 Å². The molecule has 16 nitrogen and oxygen atoms in total. The molecule has 396 valence electrons. The Labute approximate surface area is 413 Å². The van der Waals surface area contributed by atoms with Crippen molar-refractivity contribution in [2.75, 3.05) is 16.8 Å². The summed E-state index contributed by atoms with van der Waals surface area (Å²) in [5.74, 6) is -12.7. The van der Waals surface area contributed by atoms with Crippen LogP contribution in [0.5, 0.6) is 0 Å². The van der Waals surface area contributed by atoms with Crippen molar-refractivity contribution >= 4 is 66.2 Å². The number of aromatic nitrogens is 5. The molecule has 0 saturated heterocycles. The number of carboxylic acid groups (broad SMARTS) is 1. The molecule has 2 amide bonds. The fourth-order valence-corrected chi connectivity index (χ4v) is 10.2. The molecule has 0 spiro atoms. The van der Waals surface area contributed by atoms with Crippen LogP contribution < -0.4 is 9.62 Å². The van der Waals surface area contributed by atoms with Gasteiger partial charge in [-0.25, -0.2) is 30.4 Å². The predicted molar refractivity (Wildman–Crippen MR) is 240 cm³/mol. The van der Waals surface area contributed by atoms with Crippen molar-refractivity contribution in [3.63, 3.8) is 0 Å². The number of sulfonamides is 1. The van der Waals surface area contributed by atoms with E-state index in [0.29, 0.717) is 12.3 Å². The Bertz CT molecular complexity index is 3270. The zero-order valence-corrected chi connectivity index (χ0v) is 41.1. The number of hydrogen-bond donors (Lipinski definition) is 2. The molecule has 4 atom stereocenters. The molecule has 0 aliphatic heterocycles. The van der Waals surface area contributed by atoms with Crippen molar-refractivity contribution in [3.05, 3.63) is 93.0 Å².